The Balaban J connectivity index is 1.58. The Hall–Kier alpha value is -2.58. The number of hydrogen-bond acceptors (Lipinski definition) is 6. The molecular formula is C19H20ClN5O2S. The Morgan fingerprint density at radius 1 is 1.25 bits per heavy atom. The van der Waals surface area contributed by atoms with Gasteiger partial charge in [-0.3, -0.25) is 4.79 Å². The number of halogens is 1. The fourth-order valence-electron chi connectivity index (χ4n) is 2.47. The molecule has 2 aromatic heterocycles. The van der Waals surface area contributed by atoms with Gasteiger partial charge >= 0.3 is 0 Å². The number of hydrogen-bond donors (Lipinski definition) is 1. The summed E-state index contributed by atoms with van der Waals surface area (Å²) in [5.74, 6) is 2.01. The van der Waals surface area contributed by atoms with Gasteiger partial charge in [0.05, 0.1) is 10.8 Å². The van der Waals surface area contributed by atoms with Crippen LogP contribution >= 0.6 is 23.4 Å². The monoisotopic (exact) mass is 417 g/mol. The number of aryl methyl sites for hydroxylation is 1. The van der Waals surface area contributed by atoms with Gasteiger partial charge in [0.15, 0.2) is 11.0 Å². The lowest BCUT2D eigenvalue weighted by molar-refractivity contribution is -0.113. The van der Waals surface area contributed by atoms with E-state index in [4.69, 9.17) is 16.3 Å². The number of carbonyl (C=O) groups is 1. The van der Waals surface area contributed by atoms with Crippen LogP contribution in [0.1, 0.15) is 18.3 Å². The highest BCUT2D eigenvalue weighted by atomic mass is 35.5. The van der Waals surface area contributed by atoms with Crippen molar-refractivity contribution >= 4 is 35.1 Å². The number of pyridine rings is 1. The predicted octanol–water partition coefficient (Wildman–Crippen LogP) is 3.96. The smallest absolute Gasteiger partial charge is 0.236 e. The number of rotatable bonds is 8. The average Bonchev–Trinajstić information content (AvgIpc) is 3.09. The first kappa shape index (κ1) is 20.2. The molecular weight excluding hydrogens is 398 g/mol. The third-order valence-electron chi connectivity index (χ3n) is 3.89. The van der Waals surface area contributed by atoms with Gasteiger partial charge in [-0.25, -0.2) is 4.98 Å². The summed E-state index contributed by atoms with van der Waals surface area (Å²) in [6.45, 7) is 4.99. The molecule has 3 rings (SSSR count). The van der Waals surface area contributed by atoms with E-state index in [2.05, 4.69) is 20.5 Å². The highest BCUT2D eigenvalue weighted by Gasteiger charge is 2.14. The van der Waals surface area contributed by atoms with E-state index in [1.54, 1.807) is 12.1 Å². The molecule has 9 heteroatoms. The largest absolute Gasteiger partial charge is 0.485 e. The summed E-state index contributed by atoms with van der Waals surface area (Å²) in [5, 5.41) is 12.3. The molecule has 0 radical (unpaired) electrons. The number of ether oxygens (including phenoxy) is 1. The van der Waals surface area contributed by atoms with Crippen LogP contribution in [0.4, 0.5) is 5.82 Å². The zero-order chi connectivity index (χ0) is 19.9. The van der Waals surface area contributed by atoms with Gasteiger partial charge in [-0.05, 0) is 37.6 Å². The molecule has 2 heterocycles. The van der Waals surface area contributed by atoms with Gasteiger partial charge in [-0.15, -0.1) is 10.2 Å². The van der Waals surface area contributed by atoms with Crippen LogP contribution in [-0.4, -0.2) is 31.4 Å². The maximum absolute atomic E-state index is 12.1. The van der Waals surface area contributed by atoms with Gasteiger partial charge in [0.1, 0.15) is 18.2 Å². The first-order chi connectivity index (χ1) is 13.6. The highest BCUT2D eigenvalue weighted by molar-refractivity contribution is 7.99. The van der Waals surface area contributed by atoms with Gasteiger partial charge in [0.25, 0.3) is 0 Å². The van der Waals surface area contributed by atoms with Crippen molar-refractivity contribution in [3.63, 3.8) is 0 Å². The van der Waals surface area contributed by atoms with Crippen LogP contribution in [0.5, 0.6) is 5.75 Å². The minimum atomic E-state index is -0.178. The van der Waals surface area contributed by atoms with E-state index in [-0.39, 0.29) is 11.7 Å². The second-order valence-corrected chi connectivity index (χ2v) is 7.27. The molecule has 7 nitrogen and oxygen atoms in total. The van der Waals surface area contributed by atoms with Gasteiger partial charge in [0.2, 0.25) is 5.91 Å². The van der Waals surface area contributed by atoms with E-state index < -0.39 is 0 Å². The second kappa shape index (κ2) is 9.57. The number of benzene rings is 1. The van der Waals surface area contributed by atoms with Gasteiger partial charge in [-0.1, -0.05) is 41.6 Å². The maximum atomic E-state index is 12.1. The summed E-state index contributed by atoms with van der Waals surface area (Å²) < 4.78 is 7.80. The van der Waals surface area contributed by atoms with Crippen molar-refractivity contribution in [3.8, 4) is 5.75 Å². The van der Waals surface area contributed by atoms with Crippen LogP contribution < -0.4 is 10.1 Å². The number of aromatic nitrogens is 4. The summed E-state index contributed by atoms with van der Waals surface area (Å²) in [6.07, 6.45) is 1.48. The van der Waals surface area contributed by atoms with Crippen molar-refractivity contribution < 1.29 is 9.53 Å². The molecule has 0 unspecified atom stereocenters. The zero-order valence-electron chi connectivity index (χ0n) is 15.6. The zero-order valence-corrected chi connectivity index (χ0v) is 17.1. The Morgan fingerprint density at radius 3 is 2.79 bits per heavy atom. The van der Waals surface area contributed by atoms with Crippen molar-refractivity contribution in [1.82, 2.24) is 19.7 Å². The molecule has 0 aliphatic heterocycles. The molecule has 1 aromatic carbocycles. The topological polar surface area (TPSA) is 81.9 Å². The molecule has 0 aliphatic carbocycles. The fraction of sp³-hybridized carbons (Fsp3) is 0.263. The lowest BCUT2D eigenvalue weighted by Gasteiger charge is -2.10. The highest BCUT2D eigenvalue weighted by Crippen LogP contribution is 2.21. The van der Waals surface area contributed by atoms with Crippen LogP contribution in [0.25, 0.3) is 0 Å². The number of anilines is 1. The molecule has 0 atom stereocenters. The van der Waals surface area contributed by atoms with Crippen molar-refractivity contribution in [2.45, 2.75) is 32.2 Å². The Bertz CT molecular complexity index is 946. The lowest BCUT2D eigenvalue weighted by atomic mass is 10.2. The predicted molar refractivity (Wildman–Crippen MR) is 110 cm³/mol. The SMILES string of the molecule is CCn1c(COc2ccccc2C)nnc1SCC(=O)Nc1ccc(Cl)cn1. The van der Waals surface area contributed by atoms with Crippen LogP contribution in [0.15, 0.2) is 47.8 Å². The molecule has 0 spiro atoms. The molecule has 1 N–H and O–H groups in total. The van der Waals surface area contributed by atoms with Gasteiger partial charge in [-0.2, -0.15) is 0 Å². The van der Waals surface area contributed by atoms with Gasteiger partial charge in [0, 0.05) is 12.7 Å². The molecule has 0 saturated carbocycles. The van der Waals surface area contributed by atoms with Crippen molar-refractivity contribution in [2.24, 2.45) is 0 Å². The minimum Gasteiger partial charge on any atom is -0.485 e. The van der Waals surface area contributed by atoms with E-state index in [0.717, 1.165) is 11.3 Å². The number of nitrogens with one attached hydrogen (secondary N) is 1. The molecule has 0 aliphatic rings. The third-order valence-corrected chi connectivity index (χ3v) is 5.08. The molecule has 0 saturated heterocycles. The molecule has 3 aromatic rings. The van der Waals surface area contributed by atoms with Crippen LogP contribution in [0, 0.1) is 6.92 Å². The van der Waals surface area contributed by atoms with E-state index in [1.165, 1.54) is 18.0 Å². The van der Waals surface area contributed by atoms with Crippen molar-refractivity contribution in [2.75, 3.05) is 11.1 Å². The Morgan fingerprint density at radius 2 is 2.07 bits per heavy atom. The van der Waals surface area contributed by atoms with Gasteiger partial charge < -0.3 is 14.6 Å². The van der Waals surface area contributed by atoms with E-state index in [9.17, 15) is 4.79 Å². The summed E-state index contributed by atoms with van der Waals surface area (Å²) in [5.41, 5.74) is 1.06. The fourth-order valence-corrected chi connectivity index (χ4v) is 3.40. The minimum absolute atomic E-state index is 0.178. The quantitative estimate of drug-likeness (QED) is 0.558. The lowest BCUT2D eigenvalue weighted by Crippen LogP contribution is -2.15. The third kappa shape index (κ3) is 5.24. The summed E-state index contributed by atoms with van der Waals surface area (Å²) in [6, 6.07) is 11.1. The van der Waals surface area contributed by atoms with E-state index >= 15 is 0 Å². The Labute approximate surface area is 172 Å². The van der Waals surface area contributed by atoms with Crippen LogP contribution in [0.3, 0.4) is 0 Å². The number of para-hydroxylation sites is 1. The maximum Gasteiger partial charge on any atom is 0.236 e. The van der Waals surface area contributed by atoms with Crippen LogP contribution in [-0.2, 0) is 17.9 Å². The number of amides is 1. The second-order valence-electron chi connectivity index (χ2n) is 5.90. The summed E-state index contributed by atoms with van der Waals surface area (Å²) in [7, 11) is 0. The number of nitrogens with zero attached hydrogens (tertiary/aromatic N) is 4. The van der Waals surface area contributed by atoms with E-state index in [0.29, 0.717) is 35.0 Å². The Kier molecular flexibility index (Phi) is 6.89. The average molecular weight is 418 g/mol. The number of thioether (sulfide) groups is 1. The molecule has 1 amide bonds. The van der Waals surface area contributed by atoms with E-state index in [1.807, 2.05) is 42.7 Å². The van der Waals surface area contributed by atoms with Crippen molar-refractivity contribution in [1.29, 1.82) is 0 Å². The summed E-state index contributed by atoms with van der Waals surface area (Å²) in [4.78, 5) is 16.2. The van der Waals surface area contributed by atoms with Crippen LogP contribution in [0.2, 0.25) is 5.02 Å². The molecule has 0 bridgehead atoms. The number of carbonyl (C=O) groups excluding carboxylic acids is 1. The standard InChI is InChI=1S/C19H20ClN5O2S/c1-3-25-17(11-27-15-7-5-4-6-13(15)2)23-24-19(25)28-12-18(26)22-16-9-8-14(20)10-21-16/h4-10H,3,11-12H2,1-2H3,(H,21,22,26). The normalized spacial score (nSPS) is 10.7. The first-order valence-corrected chi connectivity index (χ1v) is 10.1. The summed E-state index contributed by atoms with van der Waals surface area (Å²) >= 11 is 7.11. The first-order valence-electron chi connectivity index (χ1n) is 8.71. The van der Waals surface area contributed by atoms with Crippen molar-refractivity contribution in [3.05, 3.63) is 59.0 Å². The molecule has 146 valence electrons. The molecule has 28 heavy (non-hydrogen) atoms. The molecule has 0 fully saturated rings.